The fourth-order valence-electron chi connectivity index (χ4n) is 2.61. The van der Waals surface area contributed by atoms with Crippen LogP contribution in [0.5, 0.6) is 0 Å². The maximum absolute atomic E-state index is 12.8. The third-order valence-electron chi connectivity index (χ3n) is 4.19. The van der Waals surface area contributed by atoms with Crippen molar-refractivity contribution in [2.24, 2.45) is 0 Å². The zero-order valence-electron chi connectivity index (χ0n) is 16.3. The summed E-state index contributed by atoms with van der Waals surface area (Å²) in [7, 11) is 1.37. The summed E-state index contributed by atoms with van der Waals surface area (Å²) in [4.78, 5) is 36.2. The van der Waals surface area contributed by atoms with Crippen molar-refractivity contribution in [2.45, 2.75) is 13.0 Å². The van der Waals surface area contributed by atoms with E-state index in [0.29, 0.717) is 16.3 Å². The van der Waals surface area contributed by atoms with E-state index in [4.69, 9.17) is 16.3 Å². The van der Waals surface area contributed by atoms with Crippen molar-refractivity contribution in [3.8, 4) is 16.9 Å². The van der Waals surface area contributed by atoms with Crippen molar-refractivity contribution in [2.75, 3.05) is 7.05 Å². The van der Waals surface area contributed by atoms with E-state index in [2.05, 4.69) is 15.7 Å². The molecule has 1 heterocycles. The van der Waals surface area contributed by atoms with Gasteiger partial charge in [0, 0.05) is 23.8 Å². The lowest BCUT2D eigenvalue weighted by atomic mass is 10.1. The molecule has 9 heteroatoms. The van der Waals surface area contributed by atoms with Crippen LogP contribution in [-0.4, -0.2) is 40.8 Å². The minimum absolute atomic E-state index is 0.167. The first-order valence-electron chi connectivity index (χ1n) is 9.03. The number of carbonyl (C=O) groups is 3. The molecule has 30 heavy (non-hydrogen) atoms. The summed E-state index contributed by atoms with van der Waals surface area (Å²) in [5.74, 6) is -1.49. The molecule has 0 radical (unpaired) electrons. The first kappa shape index (κ1) is 21.1. The summed E-state index contributed by atoms with van der Waals surface area (Å²) >= 11 is 5.97. The first-order valence-corrected chi connectivity index (χ1v) is 9.41. The van der Waals surface area contributed by atoms with E-state index in [1.807, 2.05) is 30.3 Å². The van der Waals surface area contributed by atoms with E-state index in [1.54, 1.807) is 28.9 Å². The molecule has 0 fully saturated rings. The molecule has 0 aliphatic heterocycles. The van der Waals surface area contributed by atoms with Crippen LogP contribution < -0.4 is 10.6 Å². The highest BCUT2D eigenvalue weighted by Gasteiger charge is 2.25. The van der Waals surface area contributed by atoms with Crippen molar-refractivity contribution in [1.82, 2.24) is 20.4 Å². The SMILES string of the molecule is CNC(=O)NC(=O)C(C)OC(=O)c1cn(-c2ccccc2)nc1-c1ccc(Cl)cc1. The molecule has 3 aromatic rings. The van der Waals surface area contributed by atoms with E-state index in [-0.39, 0.29) is 5.56 Å². The van der Waals surface area contributed by atoms with Gasteiger partial charge in [0.25, 0.3) is 5.91 Å². The molecule has 154 valence electrons. The number of benzene rings is 2. The highest BCUT2D eigenvalue weighted by atomic mass is 35.5. The minimum atomic E-state index is -1.19. The molecule has 1 atom stereocenters. The zero-order valence-corrected chi connectivity index (χ0v) is 17.0. The molecule has 1 unspecified atom stereocenters. The quantitative estimate of drug-likeness (QED) is 0.610. The Labute approximate surface area is 177 Å². The van der Waals surface area contributed by atoms with Crippen LogP contribution in [0.3, 0.4) is 0 Å². The van der Waals surface area contributed by atoms with Crippen LogP contribution in [0.25, 0.3) is 16.9 Å². The largest absolute Gasteiger partial charge is 0.449 e. The third kappa shape index (κ3) is 4.84. The number of hydrogen-bond donors (Lipinski definition) is 2. The lowest BCUT2D eigenvalue weighted by molar-refractivity contribution is -0.127. The Bertz CT molecular complexity index is 1060. The van der Waals surface area contributed by atoms with Crippen LogP contribution in [0.4, 0.5) is 4.79 Å². The van der Waals surface area contributed by atoms with E-state index < -0.39 is 24.0 Å². The number of nitrogens with zero attached hydrogens (tertiary/aromatic N) is 2. The van der Waals surface area contributed by atoms with Crippen LogP contribution in [0, 0.1) is 0 Å². The van der Waals surface area contributed by atoms with E-state index in [1.165, 1.54) is 20.2 Å². The molecule has 0 saturated carbocycles. The third-order valence-corrected chi connectivity index (χ3v) is 4.44. The number of aromatic nitrogens is 2. The Hall–Kier alpha value is -3.65. The van der Waals surface area contributed by atoms with Gasteiger partial charge in [0.1, 0.15) is 11.3 Å². The Balaban J connectivity index is 1.92. The fraction of sp³-hybridized carbons (Fsp3) is 0.143. The van der Waals surface area contributed by atoms with Crippen LogP contribution in [0.2, 0.25) is 5.02 Å². The Kier molecular flexibility index (Phi) is 6.48. The van der Waals surface area contributed by atoms with Gasteiger partial charge in [0.15, 0.2) is 6.10 Å². The van der Waals surface area contributed by atoms with Crippen molar-refractivity contribution >= 4 is 29.5 Å². The number of esters is 1. The zero-order chi connectivity index (χ0) is 21.7. The molecule has 3 rings (SSSR count). The number of para-hydroxylation sites is 1. The van der Waals surface area contributed by atoms with Gasteiger partial charge in [-0.2, -0.15) is 5.10 Å². The van der Waals surface area contributed by atoms with E-state index >= 15 is 0 Å². The van der Waals surface area contributed by atoms with Crippen molar-refractivity contribution in [3.05, 3.63) is 71.4 Å². The van der Waals surface area contributed by atoms with Gasteiger partial charge in [-0.05, 0) is 31.2 Å². The van der Waals surface area contributed by atoms with Gasteiger partial charge in [0.2, 0.25) is 0 Å². The standard InChI is InChI=1S/C21H19ClN4O4/c1-13(19(27)24-21(29)23-2)30-20(28)17-12-26(16-6-4-3-5-7-16)25-18(17)14-8-10-15(22)11-9-14/h3-13H,1-2H3,(H2,23,24,27,29). The summed E-state index contributed by atoms with van der Waals surface area (Å²) in [6.07, 6.45) is 0.346. The second kappa shape index (κ2) is 9.23. The molecule has 0 aliphatic carbocycles. The molecule has 0 saturated heterocycles. The number of urea groups is 1. The van der Waals surface area contributed by atoms with E-state index in [0.717, 1.165) is 5.69 Å². The van der Waals surface area contributed by atoms with Crippen LogP contribution in [-0.2, 0) is 9.53 Å². The predicted molar refractivity (Wildman–Crippen MR) is 111 cm³/mol. The van der Waals surface area contributed by atoms with Crippen LogP contribution in [0.1, 0.15) is 17.3 Å². The second-order valence-corrected chi connectivity index (χ2v) is 6.73. The first-order chi connectivity index (χ1) is 14.4. The summed E-state index contributed by atoms with van der Waals surface area (Å²) in [6, 6.07) is 15.4. The lowest BCUT2D eigenvalue weighted by Crippen LogP contribution is -2.43. The van der Waals surface area contributed by atoms with Crippen molar-refractivity contribution < 1.29 is 19.1 Å². The monoisotopic (exact) mass is 426 g/mol. The maximum Gasteiger partial charge on any atom is 0.342 e. The number of rotatable bonds is 5. The molecular weight excluding hydrogens is 408 g/mol. The molecule has 2 N–H and O–H groups in total. The van der Waals surface area contributed by atoms with Gasteiger partial charge >= 0.3 is 12.0 Å². The Morgan fingerprint density at radius 1 is 1.07 bits per heavy atom. The van der Waals surface area contributed by atoms with Crippen molar-refractivity contribution in [1.29, 1.82) is 0 Å². The van der Waals surface area contributed by atoms with Crippen LogP contribution in [0.15, 0.2) is 60.8 Å². The predicted octanol–water partition coefficient (Wildman–Crippen LogP) is 3.19. The van der Waals surface area contributed by atoms with Crippen LogP contribution >= 0.6 is 11.6 Å². The summed E-state index contributed by atoms with van der Waals surface area (Å²) in [5, 5.41) is 9.39. The Morgan fingerprint density at radius 2 is 1.73 bits per heavy atom. The fourth-order valence-corrected chi connectivity index (χ4v) is 2.74. The highest BCUT2D eigenvalue weighted by molar-refractivity contribution is 6.30. The average Bonchev–Trinajstić information content (AvgIpc) is 3.20. The molecule has 0 spiro atoms. The second-order valence-electron chi connectivity index (χ2n) is 6.29. The topological polar surface area (TPSA) is 102 Å². The molecule has 0 aliphatic rings. The van der Waals surface area contributed by atoms with Gasteiger partial charge in [-0.25, -0.2) is 14.3 Å². The lowest BCUT2D eigenvalue weighted by Gasteiger charge is -2.12. The number of hydrogen-bond acceptors (Lipinski definition) is 5. The molecular formula is C21H19ClN4O4. The average molecular weight is 427 g/mol. The molecule has 0 bridgehead atoms. The van der Waals surface area contributed by atoms with Gasteiger partial charge in [-0.15, -0.1) is 0 Å². The van der Waals surface area contributed by atoms with Gasteiger partial charge in [-0.1, -0.05) is 41.9 Å². The maximum atomic E-state index is 12.8. The van der Waals surface area contributed by atoms with Gasteiger partial charge < -0.3 is 10.1 Å². The number of ether oxygens (including phenoxy) is 1. The molecule has 3 amide bonds. The number of amides is 3. The number of carbonyl (C=O) groups excluding carboxylic acids is 3. The van der Waals surface area contributed by atoms with Crippen molar-refractivity contribution in [3.63, 3.8) is 0 Å². The number of halogens is 1. The van der Waals surface area contributed by atoms with E-state index in [9.17, 15) is 14.4 Å². The summed E-state index contributed by atoms with van der Waals surface area (Å²) in [6.45, 7) is 1.37. The Morgan fingerprint density at radius 3 is 2.37 bits per heavy atom. The molecule has 8 nitrogen and oxygen atoms in total. The molecule has 2 aromatic carbocycles. The highest BCUT2D eigenvalue weighted by Crippen LogP contribution is 2.26. The van der Waals surface area contributed by atoms with Gasteiger partial charge in [0.05, 0.1) is 5.69 Å². The summed E-state index contributed by atoms with van der Waals surface area (Å²) in [5.41, 5.74) is 1.95. The minimum Gasteiger partial charge on any atom is -0.449 e. The smallest absolute Gasteiger partial charge is 0.342 e. The summed E-state index contributed by atoms with van der Waals surface area (Å²) < 4.78 is 6.82. The number of nitrogens with one attached hydrogen (secondary N) is 2. The van der Waals surface area contributed by atoms with Gasteiger partial charge in [-0.3, -0.25) is 10.1 Å². The number of imide groups is 1. The molecule has 1 aromatic heterocycles. The normalized spacial score (nSPS) is 11.4.